The molecule has 0 fully saturated rings. The van der Waals surface area contributed by atoms with Gasteiger partial charge >= 0.3 is 5.97 Å². The Kier molecular flexibility index (Phi) is 6.61. The number of benzene rings is 1. The molecule has 0 aliphatic carbocycles. The minimum atomic E-state index is -0.686. The van der Waals surface area contributed by atoms with Crippen molar-refractivity contribution in [2.24, 2.45) is 4.99 Å². The minimum Gasteiger partial charge on any atom is -0.462 e. The van der Waals surface area contributed by atoms with E-state index in [1.54, 1.807) is 48.0 Å². The fraction of sp³-hybridized carbons (Fsp3) is 0.240. The molecule has 174 valence electrons. The van der Waals surface area contributed by atoms with Crippen LogP contribution >= 0.6 is 11.6 Å². The number of halogens is 1. The average Bonchev–Trinajstić information content (AvgIpc) is 2.81. The normalized spacial score (nSPS) is 11.8. The summed E-state index contributed by atoms with van der Waals surface area (Å²) in [6.45, 7) is 5.96. The quantitative estimate of drug-likeness (QED) is 0.320. The zero-order valence-corrected chi connectivity index (χ0v) is 19.8. The molecule has 4 aromatic rings. The number of rotatable bonds is 5. The van der Waals surface area contributed by atoms with Crippen LogP contribution in [0.25, 0.3) is 16.7 Å². The van der Waals surface area contributed by atoms with Gasteiger partial charge in [-0.1, -0.05) is 36.7 Å². The Labute approximate surface area is 200 Å². The Morgan fingerprint density at radius 1 is 1.09 bits per heavy atom. The predicted molar refractivity (Wildman–Crippen MR) is 129 cm³/mol. The molecule has 1 amide bonds. The molecule has 0 spiro atoms. The van der Waals surface area contributed by atoms with Gasteiger partial charge in [0.25, 0.3) is 11.5 Å². The number of hydrogen-bond donors (Lipinski definition) is 0. The Morgan fingerprint density at radius 2 is 1.85 bits per heavy atom. The summed E-state index contributed by atoms with van der Waals surface area (Å²) in [5.41, 5.74) is 1.58. The molecule has 8 nitrogen and oxygen atoms in total. The molecule has 0 aliphatic rings. The van der Waals surface area contributed by atoms with Crippen molar-refractivity contribution in [1.82, 2.24) is 14.0 Å². The third-order valence-corrected chi connectivity index (χ3v) is 5.69. The molecule has 3 aromatic heterocycles. The van der Waals surface area contributed by atoms with E-state index in [0.29, 0.717) is 24.3 Å². The molecule has 0 bridgehead atoms. The molecule has 0 unspecified atom stereocenters. The van der Waals surface area contributed by atoms with Crippen molar-refractivity contribution < 1.29 is 14.3 Å². The van der Waals surface area contributed by atoms with Gasteiger partial charge in [-0.2, -0.15) is 4.99 Å². The first-order valence-corrected chi connectivity index (χ1v) is 11.3. The zero-order valence-electron chi connectivity index (χ0n) is 19.0. The fourth-order valence-electron chi connectivity index (χ4n) is 3.79. The molecule has 0 N–H and O–H groups in total. The van der Waals surface area contributed by atoms with E-state index in [4.69, 9.17) is 21.3 Å². The molecule has 0 saturated carbocycles. The molecule has 1 aromatic carbocycles. The number of carbonyl (C=O) groups excluding carboxylic acids is 2. The van der Waals surface area contributed by atoms with Gasteiger partial charge in [0.15, 0.2) is 5.49 Å². The Morgan fingerprint density at radius 3 is 2.56 bits per heavy atom. The van der Waals surface area contributed by atoms with E-state index in [-0.39, 0.29) is 39.2 Å². The van der Waals surface area contributed by atoms with Crippen LogP contribution in [0.4, 0.5) is 0 Å². The van der Waals surface area contributed by atoms with Crippen molar-refractivity contribution in [1.29, 1.82) is 0 Å². The van der Waals surface area contributed by atoms with Gasteiger partial charge in [-0.3, -0.25) is 14.0 Å². The van der Waals surface area contributed by atoms with E-state index in [0.717, 1.165) is 5.56 Å². The maximum absolute atomic E-state index is 13.4. The fourth-order valence-corrected chi connectivity index (χ4v) is 4.01. The second kappa shape index (κ2) is 9.61. The summed E-state index contributed by atoms with van der Waals surface area (Å²) in [7, 11) is 0. The monoisotopic (exact) mass is 478 g/mol. The predicted octanol–water partition coefficient (Wildman–Crippen LogP) is 3.94. The Bertz CT molecular complexity index is 1570. The van der Waals surface area contributed by atoms with E-state index < -0.39 is 11.9 Å². The highest BCUT2D eigenvalue weighted by Crippen LogP contribution is 2.17. The second-order valence-electron chi connectivity index (χ2n) is 7.69. The Balaban J connectivity index is 2.16. The van der Waals surface area contributed by atoms with Gasteiger partial charge in [-0.15, -0.1) is 0 Å². The minimum absolute atomic E-state index is 0.00899. The number of pyridine rings is 2. The summed E-state index contributed by atoms with van der Waals surface area (Å²) in [5, 5.41) is 0.471. The van der Waals surface area contributed by atoms with E-state index in [1.807, 2.05) is 19.9 Å². The topological polar surface area (TPSA) is 95.0 Å². The van der Waals surface area contributed by atoms with Crippen LogP contribution in [0, 0.1) is 6.92 Å². The lowest BCUT2D eigenvalue weighted by atomic mass is 10.2. The molecular formula is C25H23ClN4O4. The summed E-state index contributed by atoms with van der Waals surface area (Å²) in [5.74, 6) is -1.30. The van der Waals surface area contributed by atoms with Crippen molar-refractivity contribution >= 4 is 40.2 Å². The van der Waals surface area contributed by atoms with Gasteiger partial charge in [0.05, 0.1) is 22.6 Å². The van der Waals surface area contributed by atoms with Gasteiger partial charge < -0.3 is 9.30 Å². The lowest BCUT2D eigenvalue weighted by Gasteiger charge is -2.15. The van der Waals surface area contributed by atoms with E-state index in [9.17, 15) is 14.4 Å². The van der Waals surface area contributed by atoms with Crippen LogP contribution in [-0.4, -0.2) is 32.4 Å². The number of fused-ring (bicyclic) bond motifs is 2. The van der Waals surface area contributed by atoms with E-state index in [1.165, 1.54) is 10.5 Å². The van der Waals surface area contributed by atoms with Crippen molar-refractivity contribution in [2.45, 2.75) is 33.7 Å². The van der Waals surface area contributed by atoms with Crippen molar-refractivity contribution in [3.05, 3.63) is 86.2 Å². The van der Waals surface area contributed by atoms with E-state index in [2.05, 4.69) is 4.99 Å². The SMILES string of the molecule is CCCn1c(=NC(=O)c2ccccc2Cl)c(C(=O)OCC)cc2c(=O)n3cccc(C)c3nc21. The number of ether oxygens (including phenoxy) is 1. The van der Waals surface area contributed by atoms with Crippen molar-refractivity contribution in [3.63, 3.8) is 0 Å². The van der Waals surface area contributed by atoms with Gasteiger partial charge in [-0.25, -0.2) is 9.78 Å². The summed E-state index contributed by atoms with van der Waals surface area (Å²) in [6.07, 6.45) is 2.27. The van der Waals surface area contributed by atoms with Crippen LogP contribution < -0.4 is 11.0 Å². The van der Waals surface area contributed by atoms with Crippen molar-refractivity contribution in [3.8, 4) is 0 Å². The summed E-state index contributed by atoms with van der Waals surface area (Å²) < 4.78 is 8.30. The summed E-state index contributed by atoms with van der Waals surface area (Å²) in [6, 6.07) is 11.6. The molecule has 34 heavy (non-hydrogen) atoms. The third kappa shape index (κ3) is 4.12. The molecule has 0 aliphatic heterocycles. The third-order valence-electron chi connectivity index (χ3n) is 5.36. The van der Waals surface area contributed by atoms with Gasteiger partial charge in [0, 0.05) is 12.7 Å². The molecular weight excluding hydrogens is 456 g/mol. The van der Waals surface area contributed by atoms with Crippen molar-refractivity contribution in [2.75, 3.05) is 6.61 Å². The van der Waals surface area contributed by atoms with Crippen LogP contribution in [0.3, 0.4) is 0 Å². The van der Waals surface area contributed by atoms with Crippen LogP contribution in [0.2, 0.25) is 5.02 Å². The maximum Gasteiger partial charge on any atom is 0.341 e. The standard InChI is InChI=1S/C25H23ClN4O4/c1-4-12-29-21-17(24(32)30-13-8-9-15(3)20(30)27-21)14-18(25(33)34-5-2)22(29)28-23(31)16-10-6-7-11-19(16)26/h6-11,13-14H,4-5,12H2,1-3H3. The summed E-state index contributed by atoms with van der Waals surface area (Å²) >= 11 is 6.20. The highest BCUT2D eigenvalue weighted by atomic mass is 35.5. The number of aromatic nitrogens is 3. The first kappa shape index (κ1) is 23.4. The summed E-state index contributed by atoms with van der Waals surface area (Å²) in [4.78, 5) is 48.4. The number of esters is 1. The number of nitrogens with zero attached hydrogens (tertiary/aromatic N) is 4. The van der Waals surface area contributed by atoms with Crippen LogP contribution in [0.15, 0.2) is 58.4 Å². The molecule has 4 rings (SSSR count). The number of aryl methyl sites for hydroxylation is 2. The molecule has 3 heterocycles. The second-order valence-corrected chi connectivity index (χ2v) is 8.10. The van der Waals surface area contributed by atoms with Gasteiger partial charge in [-0.05, 0) is 50.1 Å². The van der Waals surface area contributed by atoms with Crippen LogP contribution in [-0.2, 0) is 11.3 Å². The number of hydrogen-bond acceptors (Lipinski definition) is 5. The van der Waals surface area contributed by atoms with Crippen LogP contribution in [0.1, 0.15) is 46.5 Å². The molecule has 9 heteroatoms. The van der Waals surface area contributed by atoms with E-state index >= 15 is 0 Å². The number of amides is 1. The lowest BCUT2D eigenvalue weighted by Crippen LogP contribution is -2.33. The van der Waals surface area contributed by atoms with Gasteiger partial charge in [0.2, 0.25) is 0 Å². The average molecular weight is 479 g/mol. The highest BCUT2D eigenvalue weighted by Gasteiger charge is 2.20. The molecule has 0 atom stereocenters. The van der Waals surface area contributed by atoms with Crippen LogP contribution in [0.5, 0.6) is 0 Å². The first-order chi connectivity index (χ1) is 16.4. The lowest BCUT2D eigenvalue weighted by molar-refractivity contribution is 0.0523. The molecule has 0 saturated heterocycles. The zero-order chi connectivity index (χ0) is 24.4. The largest absolute Gasteiger partial charge is 0.462 e. The smallest absolute Gasteiger partial charge is 0.341 e. The van der Waals surface area contributed by atoms with Gasteiger partial charge in [0.1, 0.15) is 16.9 Å². The Hall–Kier alpha value is -3.78. The molecule has 0 radical (unpaired) electrons. The maximum atomic E-state index is 13.4. The number of carbonyl (C=O) groups is 2. The highest BCUT2D eigenvalue weighted by molar-refractivity contribution is 6.33. The first-order valence-electron chi connectivity index (χ1n) is 10.9.